The van der Waals surface area contributed by atoms with Gasteiger partial charge in [-0.2, -0.15) is 4.31 Å². The molecule has 0 atom stereocenters. The summed E-state index contributed by atoms with van der Waals surface area (Å²) < 4.78 is 53.9. The van der Waals surface area contributed by atoms with Gasteiger partial charge < -0.3 is 14.4 Å². The highest BCUT2D eigenvalue weighted by atomic mass is 32.2. The number of aryl methyl sites for hydroxylation is 2. The first-order chi connectivity index (χ1) is 16.3. The molecule has 0 aliphatic carbocycles. The number of amides is 1. The van der Waals surface area contributed by atoms with Crippen LogP contribution in [0, 0.1) is 18.7 Å². The quantitative estimate of drug-likeness (QED) is 0.659. The van der Waals surface area contributed by atoms with Gasteiger partial charge in [-0.1, -0.05) is 6.07 Å². The van der Waals surface area contributed by atoms with Crippen molar-refractivity contribution in [3.05, 3.63) is 47.3 Å². The Bertz CT molecular complexity index is 1210. The zero-order chi connectivity index (χ0) is 23.9. The minimum Gasteiger partial charge on any atom is -0.490 e. The summed E-state index contributed by atoms with van der Waals surface area (Å²) in [5, 5.41) is 0. The fourth-order valence-corrected chi connectivity index (χ4v) is 6.56. The first-order valence-electron chi connectivity index (χ1n) is 11.8. The predicted octanol–water partition coefficient (Wildman–Crippen LogP) is 3.68. The van der Waals surface area contributed by atoms with E-state index in [0.29, 0.717) is 49.8 Å². The Kier molecular flexibility index (Phi) is 6.24. The van der Waals surface area contributed by atoms with Gasteiger partial charge in [-0.05, 0) is 61.9 Å². The Hall–Kier alpha value is -2.65. The number of ether oxygens (including phenoxy) is 2. The summed E-state index contributed by atoms with van der Waals surface area (Å²) in [6.07, 6.45) is 3.09. The Morgan fingerprint density at radius 2 is 1.74 bits per heavy atom. The summed E-state index contributed by atoms with van der Waals surface area (Å²) in [5.74, 6) is 0.172. The van der Waals surface area contributed by atoms with Gasteiger partial charge in [0.25, 0.3) is 0 Å². The van der Waals surface area contributed by atoms with Crippen LogP contribution < -0.4 is 14.4 Å². The molecule has 0 N–H and O–H groups in total. The largest absolute Gasteiger partial charge is 0.490 e. The second-order valence-corrected chi connectivity index (χ2v) is 11.1. The van der Waals surface area contributed by atoms with Crippen molar-refractivity contribution >= 4 is 21.6 Å². The molecule has 7 nitrogen and oxygen atoms in total. The summed E-state index contributed by atoms with van der Waals surface area (Å²) >= 11 is 0. The number of hydrogen-bond acceptors (Lipinski definition) is 5. The zero-order valence-corrected chi connectivity index (χ0v) is 20.1. The SMILES string of the molecule is Cc1cc(F)c2c(c1)CCCN2C(=O)C1CCN(S(=O)(=O)c2ccc3c(c2)OCCCO3)CC1. The van der Waals surface area contributed by atoms with Crippen LogP contribution >= 0.6 is 0 Å². The molecule has 0 bridgehead atoms. The minimum atomic E-state index is -3.73. The standard InChI is InChI=1S/C25H29FN2O5S/c1-17-14-19-4-2-9-28(24(19)21(26)15-17)25(29)18-7-10-27(11-8-18)34(30,31)20-5-6-22-23(16-20)33-13-3-12-32-22/h5-6,14-16,18H,2-4,7-13H2,1H3. The predicted molar refractivity (Wildman–Crippen MR) is 125 cm³/mol. The van der Waals surface area contributed by atoms with Gasteiger partial charge in [0.15, 0.2) is 11.5 Å². The Morgan fingerprint density at radius 3 is 2.50 bits per heavy atom. The highest BCUT2D eigenvalue weighted by Crippen LogP contribution is 2.36. The molecule has 5 rings (SSSR count). The Balaban J connectivity index is 1.29. The number of halogens is 1. The van der Waals surface area contributed by atoms with E-state index in [0.717, 1.165) is 30.4 Å². The summed E-state index contributed by atoms with van der Waals surface area (Å²) in [7, 11) is -3.73. The number of sulfonamides is 1. The normalized spacial score (nSPS) is 19.4. The molecule has 3 heterocycles. The van der Waals surface area contributed by atoms with Crippen molar-refractivity contribution in [2.45, 2.75) is 43.9 Å². The molecule has 0 aromatic heterocycles. The van der Waals surface area contributed by atoms with E-state index in [-0.39, 0.29) is 35.6 Å². The molecule has 3 aliphatic rings. The molecule has 2 aromatic rings. The van der Waals surface area contributed by atoms with E-state index >= 15 is 0 Å². The van der Waals surface area contributed by atoms with Gasteiger partial charge in [0.05, 0.1) is 23.8 Å². The average Bonchev–Trinajstić information content (AvgIpc) is 3.08. The topological polar surface area (TPSA) is 76.2 Å². The lowest BCUT2D eigenvalue weighted by Crippen LogP contribution is -2.46. The Morgan fingerprint density at radius 1 is 1.00 bits per heavy atom. The smallest absolute Gasteiger partial charge is 0.243 e. The third-order valence-electron chi connectivity index (χ3n) is 6.81. The van der Waals surface area contributed by atoms with Crippen molar-refractivity contribution in [2.24, 2.45) is 5.92 Å². The van der Waals surface area contributed by atoms with E-state index in [1.807, 2.05) is 13.0 Å². The summed E-state index contributed by atoms with van der Waals surface area (Å²) in [6.45, 7) is 3.83. The van der Waals surface area contributed by atoms with E-state index < -0.39 is 10.0 Å². The third kappa shape index (κ3) is 4.27. The summed E-state index contributed by atoms with van der Waals surface area (Å²) in [6, 6.07) is 8.10. The van der Waals surface area contributed by atoms with Gasteiger partial charge >= 0.3 is 0 Å². The van der Waals surface area contributed by atoms with Crippen LogP contribution in [-0.2, 0) is 21.2 Å². The maximum absolute atomic E-state index is 14.8. The lowest BCUT2D eigenvalue weighted by molar-refractivity contribution is -0.123. The van der Waals surface area contributed by atoms with Crippen LogP contribution in [0.2, 0.25) is 0 Å². The molecule has 182 valence electrons. The van der Waals surface area contributed by atoms with Crippen LogP contribution in [0.5, 0.6) is 11.5 Å². The fourth-order valence-electron chi connectivity index (χ4n) is 5.08. The van der Waals surface area contributed by atoms with Gasteiger partial charge in [-0.3, -0.25) is 4.79 Å². The number of anilines is 1. The number of rotatable bonds is 3. The van der Waals surface area contributed by atoms with Gasteiger partial charge in [0.1, 0.15) is 5.82 Å². The molecule has 1 saturated heterocycles. The Labute approximate surface area is 199 Å². The van der Waals surface area contributed by atoms with Gasteiger partial charge in [0.2, 0.25) is 15.9 Å². The number of carbonyl (C=O) groups excluding carboxylic acids is 1. The number of carbonyl (C=O) groups is 1. The maximum atomic E-state index is 14.8. The van der Waals surface area contributed by atoms with E-state index in [1.54, 1.807) is 11.0 Å². The summed E-state index contributed by atoms with van der Waals surface area (Å²) in [5.41, 5.74) is 2.11. The van der Waals surface area contributed by atoms with Gasteiger partial charge in [0, 0.05) is 38.0 Å². The molecular weight excluding hydrogens is 459 g/mol. The van der Waals surface area contributed by atoms with Crippen LogP contribution in [0.15, 0.2) is 35.2 Å². The molecular formula is C25H29FN2O5S. The van der Waals surface area contributed by atoms with Crippen molar-refractivity contribution < 1.29 is 27.1 Å². The van der Waals surface area contributed by atoms with Crippen molar-refractivity contribution in [1.82, 2.24) is 4.31 Å². The fraction of sp³-hybridized carbons (Fsp3) is 0.480. The van der Waals surface area contributed by atoms with Gasteiger partial charge in [-0.15, -0.1) is 0 Å². The second kappa shape index (κ2) is 9.19. The molecule has 0 spiro atoms. The van der Waals surface area contributed by atoms with Crippen LogP contribution in [0.4, 0.5) is 10.1 Å². The van der Waals surface area contributed by atoms with Crippen LogP contribution in [0.3, 0.4) is 0 Å². The first-order valence-corrected chi connectivity index (χ1v) is 13.3. The number of piperidine rings is 1. The molecule has 9 heteroatoms. The molecule has 0 saturated carbocycles. The van der Waals surface area contributed by atoms with Crippen LogP contribution in [-0.4, -0.2) is 51.5 Å². The van der Waals surface area contributed by atoms with E-state index in [9.17, 15) is 17.6 Å². The van der Waals surface area contributed by atoms with E-state index in [2.05, 4.69) is 0 Å². The molecule has 2 aromatic carbocycles. The molecule has 0 unspecified atom stereocenters. The lowest BCUT2D eigenvalue weighted by atomic mass is 9.93. The van der Waals surface area contributed by atoms with Crippen molar-refractivity contribution in [3.63, 3.8) is 0 Å². The zero-order valence-electron chi connectivity index (χ0n) is 19.3. The lowest BCUT2D eigenvalue weighted by Gasteiger charge is -2.36. The molecule has 3 aliphatic heterocycles. The van der Waals surface area contributed by atoms with Crippen LogP contribution in [0.1, 0.15) is 36.8 Å². The maximum Gasteiger partial charge on any atom is 0.243 e. The van der Waals surface area contributed by atoms with Crippen molar-refractivity contribution in [3.8, 4) is 11.5 Å². The van der Waals surface area contributed by atoms with Crippen molar-refractivity contribution in [2.75, 3.05) is 37.7 Å². The van der Waals surface area contributed by atoms with E-state index in [1.165, 1.54) is 22.5 Å². The summed E-state index contributed by atoms with van der Waals surface area (Å²) in [4.78, 5) is 15.1. The average molecular weight is 489 g/mol. The van der Waals surface area contributed by atoms with E-state index in [4.69, 9.17) is 9.47 Å². The minimum absolute atomic E-state index is 0.115. The molecule has 34 heavy (non-hydrogen) atoms. The number of fused-ring (bicyclic) bond motifs is 2. The van der Waals surface area contributed by atoms with Crippen LogP contribution in [0.25, 0.3) is 0 Å². The van der Waals surface area contributed by atoms with Crippen molar-refractivity contribution in [1.29, 1.82) is 0 Å². The monoisotopic (exact) mass is 488 g/mol. The highest BCUT2D eigenvalue weighted by molar-refractivity contribution is 7.89. The third-order valence-corrected chi connectivity index (χ3v) is 8.71. The first kappa shape index (κ1) is 23.1. The highest BCUT2D eigenvalue weighted by Gasteiger charge is 2.36. The molecule has 0 radical (unpaired) electrons. The number of nitrogens with zero attached hydrogens (tertiary/aromatic N) is 2. The number of benzene rings is 2. The molecule has 1 fully saturated rings. The van der Waals surface area contributed by atoms with Gasteiger partial charge in [-0.25, -0.2) is 12.8 Å². The molecule has 1 amide bonds. The number of hydrogen-bond donors (Lipinski definition) is 0. The second-order valence-electron chi connectivity index (χ2n) is 9.19.